The highest BCUT2D eigenvalue weighted by Crippen LogP contribution is 2.50. The Morgan fingerprint density at radius 2 is 2.06 bits per heavy atom. The Morgan fingerprint density at radius 3 is 2.50 bits per heavy atom. The van der Waals surface area contributed by atoms with E-state index in [1.165, 1.54) is 6.07 Å². The van der Waals surface area contributed by atoms with Crippen LogP contribution >= 0.6 is 7.60 Å². The molecule has 0 saturated heterocycles. The summed E-state index contributed by atoms with van der Waals surface area (Å²) < 4.78 is 12.8. The first kappa shape index (κ1) is 14.8. The van der Waals surface area contributed by atoms with E-state index in [1.54, 1.807) is 29.8 Å². The van der Waals surface area contributed by atoms with E-state index in [0.29, 0.717) is 12.2 Å². The summed E-state index contributed by atoms with van der Waals surface area (Å²) in [5, 5.41) is 15.5. The summed E-state index contributed by atoms with van der Waals surface area (Å²) in [7, 11) is -5.20. The third kappa shape index (κ3) is 2.76. The van der Waals surface area contributed by atoms with Gasteiger partial charge in [0.25, 0.3) is 5.34 Å². The fourth-order valence-corrected chi connectivity index (χ4v) is 2.15. The Kier molecular flexibility index (Phi) is 4.24. The first-order valence-electron chi connectivity index (χ1n) is 5.21. The average molecular weight is 276 g/mol. The van der Waals surface area contributed by atoms with E-state index in [1.807, 2.05) is 0 Å². The predicted octanol–water partition coefficient (Wildman–Crippen LogP) is -0.513. The molecule has 1 unspecified atom stereocenters. The molecule has 18 heavy (non-hydrogen) atoms. The molecule has 0 aliphatic heterocycles. The highest BCUT2D eigenvalue weighted by Gasteiger charge is 2.54. The number of aromatic nitrogens is 1. The summed E-state index contributed by atoms with van der Waals surface area (Å²) in [6.07, 6.45) is 0.971. The molecule has 7 nitrogen and oxygen atoms in total. The summed E-state index contributed by atoms with van der Waals surface area (Å²) in [4.78, 5) is 28.9. The van der Waals surface area contributed by atoms with E-state index in [-0.39, 0.29) is 0 Å². The topological polar surface area (TPSA) is 119 Å². The van der Waals surface area contributed by atoms with Crippen molar-refractivity contribution in [3.63, 3.8) is 0 Å². The average Bonchev–Trinajstić information content (AvgIpc) is 2.27. The molecule has 0 spiro atoms. The maximum absolute atomic E-state index is 11.2. The summed E-state index contributed by atoms with van der Waals surface area (Å²) in [6, 6.07) is 4.81. The van der Waals surface area contributed by atoms with Gasteiger partial charge < -0.3 is 20.0 Å². The van der Waals surface area contributed by atoms with E-state index < -0.39 is 25.3 Å². The Labute approximate surface area is 103 Å². The lowest BCUT2D eigenvalue weighted by Crippen LogP contribution is -2.46. The summed E-state index contributed by atoms with van der Waals surface area (Å²) in [6.45, 7) is 2.29. The monoisotopic (exact) mass is 276 g/mol. The van der Waals surface area contributed by atoms with E-state index in [9.17, 15) is 14.5 Å². The molecule has 0 radical (unpaired) electrons. The largest absolute Gasteiger partial charge is 0.479 e. The van der Waals surface area contributed by atoms with E-state index >= 15 is 0 Å². The third-order valence-corrected chi connectivity index (χ3v) is 3.94. The molecule has 0 aliphatic carbocycles. The minimum Gasteiger partial charge on any atom is -0.479 e. The molecule has 1 heterocycles. The van der Waals surface area contributed by atoms with Crippen LogP contribution in [-0.2, 0) is 22.3 Å². The first-order valence-corrected chi connectivity index (χ1v) is 6.82. The van der Waals surface area contributed by atoms with Crippen molar-refractivity contribution in [3.8, 4) is 0 Å². The zero-order chi connectivity index (χ0) is 14.0. The fraction of sp³-hybridized carbons (Fsp3) is 0.400. The smallest absolute Gasteiger partial charge is 0.369 e. The molecule has 0 bridgehead atoms. The number of aliphatic carboxylic acids is 1. The number of carboxylic acids is 1. The maximum atomic E-state index is 11.2. The molecule has 0 saturated carbocycles. The SMILES string of the molecule is CC[n+]1ccccc1CC(O)(C(=O)O)P(=O)(O)O. The second-order valence-electron chi connectivity index (χ2n) is 3.82. The van der Waals surface area contributed by atoms with Crippen LogP contribution in [-0.4, -0.2) is 31.3 Å². The molecule has 8 heteroatoms. The number of nitrogens with zero attached hydrogens (tertiary/aromatic N) is 1. The number of carboxylic acid groups (broad SMARTS) is 1. The quantitative estimate of drug-likeness (QED) is 0.425. The Hall–Kier alpha value is -1.27. The van der Waals surface area contributed by atoms with Gasteiger partial charge in [0.2, 0.25) is 0 Å². The molecule has 1 rings (SSSR count). The number of pyridine rings is 1. The van der Waals surface area contributed by atoms with Crippen molar-refractivity contribution in [1.82, 2.24) is 0 Å². The number of rotatable bonds is 5. The molecule has 0 fully saturated rings. The van der Waals surface area contributed by atoms with Crippen molar-refractivity contribution in [2.45, 2.75) is 25.2 Å². The molecular weight excluding hydrogens is 261 g/mol. The molecule has 0 amide bonds. The van der Waals surface area contributed by atoms with Gasteiger partial charge in [-0.1, -0.05) is 6.07 Å². The summed E-state index contributed by atoms with van der Waals surface area (Å²) >= 11 is 0. The van der Waals surface area contributed by atoms with Crippen LogP contribution in [0.1, 0.15) is 12.6 Å². The summed E-state index contributed by atoms with van der Waals surface area (Å²) in [5.41, 5.74) is 0.327. The number of aryl methyl sites for hydroxylation is 1. The van der Waals surface area contributed by atoms with Gasteiger partial charge >= 0.3 is 13.6 Å². The van der Waals surface area contributed by atoms with Crippen LogP contribution in [0.4, 0.5) is 0 Å². The number of carbonyl (C=O) groups is 1. The van der Waals surface area contributed by atoms with Gasteiger partial charge in [0.1, 0.15) is 6.54 Å². The summed E-state index contributed by atoms with van der Waals surface area (Å²) in [5.74, 6) is -1.94. The Bertz CT molecular complexity index is 499. The lowest BCUT2D eigenvalue weighted by molar-refractivity contribution is -0.701. The molecule has 4 N–H and O–H groups in total. The number of hydrogen-bond acceptors (Lipinski definition) is 3. The van der Waals surface area contributed by atoms with Crippen LogP contribution in [0.15, 0.2) is 24.4 Å². The van der Waals surface area contributed by atoms with Crippen molar-refractivity contribution in [2.75, 3.05) is 0 Å². The fourth-order valence-electron chi connectivity index (χ4n) is 1.54. The molecule has 1 aromatic heterocycles. The third-order valence-electron chi connectivity index (χ3n) is 2.63. The lowest BCUT2D eigenvalue weighted by atomic mass is 10.1. The van der Waals surface area contributed by atoms with Crippen molar-refractivity contribution in [2.24, 2.45) is 0 Å². The molecule has 100 valence electrons. The molecular formula is C10H15NO6P+. The van der Waals surface area contributed by atoms with Crippen molar-refractivity contribution in [1.29, 1.82) is 0 Å². The van der Waals surface area contributed by atoms with Crippen LogP contribution in [0.25, 0.3) is 0 Å². The van der Waals surface area contributed by atoms with Crippen LogP contribution in [0.5, 0.6) is 0 Å². The predicted molar refractivity (Wildman–Crippen MR) is 60.6 cm³/mol. The van der Waals surface area contributed by atoms with Crippen molar-refractivity contribution >= 4 is 13.6 Å². The molecule has 1 atom stereocenters. The lowest BCUT2D eigenvalue weighted by Gasteiger charge is -2.23. The van der Waals surface area contributed by atoms with Crippen molar-refractivity contribution in [3.05, 3.63) is 30.1 Å². The van der Waals surface area contributed by atoms with Gasteiger partial charge in [-0.25, -0.2) is 9.36 Å². The second-order valence-corrected chi connectivity index (χ2v) is 5.65. The van der Waals surface area contributed by atoms with Gasteiger partial charge in [0, 0.05) is 12.1 Å². The Morgan fingerprint density at radius 1 is 1.44 bits per heavy atom. The normalized spacial score (nSPS) is 15.1. The van der Waals surface area contributed by atoms with Gasteiger partial charge in [-0.15, -0.1) is 0 Å². The minimum atomic E-state index is -5.20. The highest BCUT2D eigenvalue weighted by molar-refractivity contribution is 7.54. The standard InChI is InChI=1S/C10H14NO6P/c1-2-11-6-4-3-5-8(11)7-10(14,9(12)13)18(15,16)17/h3-6,14H,2,7H2,1H3,(H2-,12,13,15,16,17)/p+1. The van der Waals surface area contributed by atoms with Gasteiger partial charge in [-0.2, -0.15) is 0 Å². The van der Waals surface area contributed by atoms with E-state index in [0.717, 1.165) is 0 Å². The van der Waals surface area contributed by atoms with Crippen LogP contribution in [0, 0.1) is 0 Å². The molecule has 0 aromatic carbocycles. The van der Waals surface area contributed by atoms with Gasteiger partial charge in [0.15, 0.2) is 11.9 Å². The van der Waals surface area contributed by atoms with Gasteiger partial charge in [0.05, 0.1) is 6.42 Å². The van der Waals surface area contributed by atoms with Crippen molar-refractivity contribution < 1.29 is 33.9 Å². The zero-order valence-electron chi connectivity index (χ0n) is 9.72. The van der Waals surface area contributed by atoms with Crippen LogP contribution < -0.4 is 4.57 Å². The van der Waals surface area contributed by atoms with E-state index in [4.69, 9.17) is 14.9 Å². The second kappa shape index (κ2) is 5.16. The first-order chi connectivity index (χ1) is 8.22. The number of hydrogen-bond donors (Lipinski definition) is 4. The maximum Gasteiger partial charge on any atom is 0.369 e. The highest BCUT2D eigenvalue weighted by atomic mass is 31.2. The molecule has 1 aromatic rings. The number of aliphatic hydroxyl groups is 1. The minimum absolute atomic E-state index is 0.327. The molecule has 0 aliphatic rings. The zero-order valence-corrected chi connectivity index (χ0v) is 10.6. The van der Waals surface area contributed by atoms with Gasteiger partial charge in [-0.05, 0) is 6.92 Å². The Balaban J connectivity index is 3.21. The van der Waals surface area contributed by atoms with Crippen LogP contribution in [0.3, 0.4) is 0 Å². The van der Waals surface area contributed by atoms with Crippen LogP contribution in [0.2, 0.25) is 0 Å². The van der Waals surface area contributed by atoms with E-state index in [2.05, 4.69) is 0 Å². The van der Waals surface area contributed by atoms with Gasteiger partial charge in [-0.3, -0.25) is 4.57 Å².